The van der Waals surface area contributed by atoms with Gasteiger partial charge in [0, 0.05) is 35.0 Å². The molecule has 0 amide bonds. The van der Waals surface area contributed by atoms with Crippen LogP contribution >= 0.6 is 23.2 Å². The molecule has 0 radical (unpaired) electrons. The van der Waals surface area contributed by atoms with E-state index in [1.54, 1.807) is 24.5 Å². The number of fused-ring (bicyclic) bond motifs is 3. The van der Waals surface area contributed by atoms with Gasteiger partial charge in [0.15, 0.2) is 0 Å². The fourth-order valence-corrected chi connectivity index (χ4v) is 6.99. The second kappa shape index (κ2) is 10.4. The van der Waals surface area contributed by atoms with Gasteiger partial charge >= 0.3 is 5.97 Å². The monoisotopic (exact) mass is 610 g/mol. The summed E-state index contributed by atoms with van der Waals surface area (Å²) in [6.07, 6.45) is 10.4. The number of benzene rings is 1. The quantitative estimate of drug-likeness (QED) is 0.206. The van der Waals surface area contributed by atoms with Crippen LogP contribution in [0.3, 0.4) is 0 Å². The summed E-state index contributed by atoms with van der Waals surface area (Å²) in [6.45, 7) is 0.362. The molecule has 4 fully saturated rings. The van der Waals surface area contributed by atoms with Crippen molar-refractivity contribution in [1.29, 1.82) is 0 Å². The fourth-order valence-electron chi connectivity index (χ4n) is 6.45. The number of hydrogen-bond acceptors (Lipinski definition) is 9. The maximum Gasteiger partial charge on any atom is 0.339 e. The highest BCUT2D eigenvalue weighted by molar-refractivity contribution is 6.38. The van der Waals surface area contributed by atoms with Gasteiger partial charge in [-0.2, -0.15) is 4.98 Å². The number of methoxy groups -OCH3 is 1. The number of hydrogen-bond donors (Lipinski definition) is 1. The van der Waals surface area contributed by atoms with E-state index in [1.807, 2.05) is 0 Å². The highest BCUT2D eigenvalue weighted by Crippen LogP contribution is 2.55. The minimum Gasteiger partial charge on any atom is -0.496 e. The van der Waals surface area contributed by atoms with Crippen molar-refractivity contribution in [2.24, 2.45) is 0 Å². The second-order valence-electron chi connectivity index (χ2n) is 11.5. The average Bonchev–Trinajstić information content (AvgIpc) is 3.56. The number of ether oxygens (including phenoxy) is 2. The fraction of sp³-hybridized carbons (Fsp3) is 0.433. The van der Waals surface area contributed by atoms with E-state index in [9.17, 15) is 9.90 Å². The Balaban J connectivity index is 1.08. The maximum atomic E-state index is 11.7. The first-order valence-electron chi connectivity index (χ1n) is 14.0. The average molecular weight is 611 g/mol. The van der Waals surface area contributed by atoms with Crippen LogP contribution in [0.25, 0.3) is 22.6 Å². The van der Waals surface area contributed by atoms with Crippen LogP contribution in [0.2, 0.25) is 10.0 Å². The molecule has 2 bridgehead atoms. The van der Waals surface area contributed by atoms with Gasteiger partial charge in [0.2, 0.25) is 11.7 Å². The Morgan fingerprint density at radius 1 is 1.05 bits per heavy atom. The van der Waals surface area contributed by atoms with E-state index in [1.165, 1.54) is 13.2 Å². The predicted molar refractivity (Wildman–Crippen MR) is 152 cm³/mol. The van der Waals surface area contributed by atoms with E-state index in [2.05, 4.69) is 15.3 Å². The molecule has 3 aromatic heterocycles. The summed E-state index contributed by atoms with van der Waals surface area (Å²) in [5, 5.41) is 19.0. The molecule has 4 aromatic rings. The SMILES string of the molecule is COc1ccc(-c2noc(C34CCC(OCc5c(-c6c(Cl)cncc6Cl)noc5C5CC5)(CC3)CC4)n2)cc1C(=O)O. The number of carboxylic acid groups (broad SMARTS) is 1. The summed E-state index contributed by atoms with van der Waals surface area (Å²) >= 11 is 13.0. The zero-order valence-electron chi connectivity index (χ0n) is 22.9. The molecule has 1 N–H and O–H groups in total. The van der Waals surface area contributed by atoms with E-state index in [0.717, 1.165) is 62.7 Å². The Hall–Kier alpha value is -3.47. The molecule has 42 heavy (non-hydrogen) atoms. The molecule has 0 unspecified atom stereocenters. The lowest BCUT2D eigenvalue weighted by molar-refractivity contribution is -0.130. The minimum absolute atomic E-state index is 0.0473. The standard InChI is InChI=1S/C30H28Cl2N4O6/c1-39-22-5-4-17(12-18(22)27(37)38)26-34-28(42-36-26)29-6-9-30(10-7-29,11-8-29)40-15-19-24(35-41-25(19)16-2-3-16)23-20(31)13-33-14-21(23)32/h4-5,12-14,16H,2-3,6-11,15H2,1H3,(H,37,38). The van der Waals surface area contributed by atoms with E-state index in [-0.39, 0.29) is 22.3 Å². The van der Waals surface area contributed by atoms with Crippen molar-refractivity contribution in [3.63, 3.8) is 0 Å². The molecule has 4 aliphatic carbocycles. The van der Waals surface area contributed by atoms with Gasteiger partial charge < -0.3 is 23.6 Å². The van der Waals surface area contributed by atoms with Gasteiger partial charge in [-0.3, -0.25) is 4.98 Å². The van der Waals surface area contributed by atoms with Crippen molar-refractivity contribution in [3.05, 3.63) is 63.4 Å². The number of carbonyl (C=O) groups is 1. The van der Waals surface area contributed by atoms with Crippen LogP contribution in [0.1, 0.15) is 84.9 Å². The maximum absolute atomic E-state index is 11.7. The molecular weight excluding hydrogens is 583 g/mol. The van der Waals surface area contributed by atoms with Gasteiger partial charge in [-0.05, 0) is 69.6 Å². The predicted octanol–water partition coefficient (Wildman–Crippen LogP) is 7.24. The summed E-state index contributed by atoms with van der Waals surface area (Å²) < 4.78 is 23.5. The third-order valence-electron chi connectivity index (χ3n) is 9.12. The summed E-state index contributed by atoms with van der Waals surface area (Å²) in [5.41, 5.74) is 2.27. The van der Waals surface area contributed by atoms with E-state index in [0.29, 0.717) is 51.1 Å². The smallest absolute Gasteiger partial charge is 0.339 e. The topological polar surface area (TPSA) is 134 Å². The molecule has 0 spiro atoms. The molecule has 0 aliphatic heterocycles. The third-order valence-corrected chi connectivity index (χ3v) is 9.70. The summed E-state index contributed by atoms with van der Waals surface area (Å²) in [4.78, 5) is 20.5. The van der Waals surface area contributed by atoms with Crippen LogP contribution in [0.4, 0.5) is 0 Å². The molecule has 1 aromatic carbocycles. The van der Waals surface area contributed by atoms with Crippen LogP contribution < -0.4 is 4.74 Å². The lowest BCUT2D eigenvalue weighted by atomic mass is 9.58. The number of nitrogens with zero attached hydrogens (tertiary/aromatic N) is 4. The molecule has 218 valence electrons. The Morgan fingerprint density at radius 3 is 2.40 bits per heavy atom. The number of pyridine rings is 1. The van der Waals surface area contributed by atoms with Crippen molar-refractivity contribution in [2.75, 3.05) is 7.11 Å². The van der Waals surface area contributed by atoms with Gasteiger partial charge in [0.25, 0.3) is 0 Å². The number of halogens is 2. The third kappa shape index (κ3) is 4.66. The highest BCUT2D eigenvalue weighted by atomic mass is 35.5. The van der Waals surface area contributed by atoms with Gasteiger partial charge in [-0.1, -0.05) is 33.5 Å². The molecular formula is C30H28Cl2N4O6. The second-order valence-corrected chi connectivity index (χ2v) is 12.3. The summed E-state index contributed by atoms with van der Waals surface area (Å²) in [5.74, 6) is 1.35. The molecule has 8 rings (SSSR count). The van der Waals surface area contributed by atoms with Gasteiger partial charge in [-0.15, -0.1) is 0 Å². The highest BCUT2D eigenvalue weighted by Gasteiger charge is 2.53. The van der Waals surface area contributed by atoms with E-state index < -0.39 is 5.97 Å². The normalized spacial score (nSPS) is 23.3. The number of aromatic nitrogens is 4. The lowest BCUT2D eigenvalue weighted by Gasteiger charge is -2.51. The molecule has 4 aliphatic rings. The zero-order valence-corrected chi connectivity index (χ0v) is 24.4. The lowest BCUT2D eigenvalue weighted by Crippen LogP contribution is -2.49. The first kappa shape index (κ1) is 27.4. The molecule has 0 atom stereocenters. The van der Waals surface area contributed by atoms with Crippen molar-refractivity contribution in [3.8, 4) is 28.4 Å². The van der Waals surface area contributed by atoms with Crippen LogP contribution in [-0.4, -0.2) is 44.1 Å². The number of carboxylic acids is 1. The number of rotatable bonds is 9. The number of aromatic carboxylic acids is 1. The van der Waals surface area contributed by atoms with Gasteiger partial charge in [0.1, 0.15) is 22.8 Å². The molecule has 0 saturated heterocycles. The van der Waals surface area contributed by atoms with Crippen molar-refractivity contribution in [2.45, 2.75) is 74.9 Å². The Labute approximate surface area is 251 Å². The van der Waals surface area contributed by atoms with Crippen LogP contribution in [0.15, 0.2) is 39.6 Å². The first-order chi connectivity index (χ1) is 20.3. The Kier molecular flexibility index (Phi) is 6.75. The Morgan fingerprint density at radius 2 is 1.76 bits per heavy atom. The van der Waals surface area contributed by atoms with Gasteiger partial charge in [0.05, 0.1) is 34.8 Å². The zero-order chi connectivity index (χ0) is 29.1. The first-order valence-corrected chi connectivity index (χ1v) is 14.7. The Bertz CT molecular complexity index is 1640. The van der Waals surface area contributed by atoms with E-state index >= 15 is 0 Å². The summed E-state index contributed by atoms with van der Waals surface area (Å²) in [7, 11) is 1.44. The van der Waals surface area contributed by atoms with Crippen molar-refractivity contribution in [1.82, 2.24) is 20.3 Å². The van der Waals surface area contributed by atoms with Crippen LogP contribution in [0.5, 0.6) is 5.75 Å². The molecule has 12 heteroatoms. The van der Waals surface area contributed by atoms with Gasteiger partial charge in [-0.25, -0.2) is 4.79 Å². The largest absolute Gasteiger partial charge is 0.496 e. The molecule has 10 nitrogen and oxygen atoms in total. The summed E-state index contributed by atoms with van der Waals surface area (Å²) in [6, 6.07) is 4.85. The molecule has 4 saturated carbocycles. The minimum atomic E-state index is -1.08. The van der Waals surface area contributed by atoms with Crippen molar-refractivity contribution < 1.29 is 28.4 Å². The van der Waals surface area contributed by atoms with Crippen molar-refractivity contribution >= 4 is 29.2 Å². The van der Waals surface area contributed by atoms with E-state index in [4.69, 9.17) is 46.7 Å². The van der Waals surface area contributed by atoms with Crippen LogP contribution in [-0.2, 0) is 16.8 Å². The molecule has 3 heterocycles. The van der Waals surface area contributed by atoms with Crippen LogP contribution in [0, 0.1) is 0 Å².